The molecular weight excluding hydrogens is 298 g/mol. The highest BCUT2D eigenvalue weighted by Gasteiger charge is 2.27. The topological polar surface area (TPSA) is 38.7 Å². The molecule has 0 aliphatic carbocycles. The minimum Gasteiger partial charge on any atom is -0.388 e. The fraction of sp³-hybridized carbons (Fsp3) is 0.375. The van der Waals surface area contributed by atoms with Crippen molar-refractivity contribution in [1.29, 1.82) is 0 Å². The van der Waals surface area contributed by atoms with Gasteiger partial charge in [0.05, 0.1) is 0 Å². The van der Waals surface area contributed by atoms with Gasteiger partial charge < -0.3 is 19.2 Å². The minimum atomic E-state index is 1.00. The summed E-state index contributed by atoms with van der Waals surface area (Å²) in [6.45, 7) is 6.15. The average Bonchev–Trinajstić information content (AvgIpc) is 3.31. The lowest BCUT2D eigenvalue weighted by Crippen LogP contribution is -2.38. The first-order chi connectivity index (χ1) is 11.9. The molecule has 2 aliphatic rings. The summed E-state index contributed by atoms with van der Waals surface area (Å²) >= 11 is 0. The van der Waals surface area contributed by atoms with Crippen molar-refractivity contribution in [3.05, 3.63) is 48.8 Å². The van der Waals surface area contributed by atoms with E-state index >= 15 is 0 Å². The van der Waals surface area contributed by atoms with E-state index in [-0.39, 0.29) is 0 Å². The molecule has 8 heteroatoms. The molecule has 2 aromatic heterocycles. The van der Waals surface area contributed by atoms with E-state index in [0.29, 0.717) is 0 Å². The Kier molecular flexibility index (Phi) is 4.66. The van der Waals surface area contributed by atoms with Crippen LogP contribution in [0.3, 0.4) is 0 Å². The highest BCUT2D eigenvalue weighted by atomic mass is 15.3. The molecule has 2 radical (unpaired) electrons. The van der Waals surface area contributed by atoms with Crippen molar-refractivity contribution in [2.45, 2.75) is 0 Å². The van der Waals surface area contributed by atoms with Gasteiger partial charge in [0.25, 0.3) is 0 Å². The second-order valence-corrected chi connectivity index (χ2v) is 6.07. The van der Waals surface area contributed by atoms with Gasteiger partial charge in [0.2, 0.25) is 0 Å². The number of pyridine rings is 2. The van der Waals surface area contributed by atoms with Gasteiger partial charge in [0, 0.05) is 51.7 Å². The molecule has 6 nitrogen and oxygen atoms in total. The maximum Gasteiger partial charge on any atom is 0.353 e. The number of nitrogens with zero attached hydrogens (tertiary/aromatic N) is 6. The SMILES string of the molecule is [B]1N(CCN2[B]N(c3ccccn3)CC2)CCN1c1ccccn1. The van der Waals surface area contributed by atoms with Gasteiger partial charge >= 0.3 is 15.1 Å². The summed E-state index contributed by atoms with van der Waals surface area (Å²) in [5.41, 5.74) is 0. The lowest BCUT2D eigenvalue weighted by molar-refractivity contribution is 0.398. The Bertz CT molecular complexity index is 586. The molecule has 0 bridgehead atoms. The van der Waals surface area contributed by atoms with Crippen LogP contribution in [0, 0.1) is 0 Å². The van der Waals surface area contributed by atoms with E-state index in [1.807, 2.05) is 36.7 Å². The normalized spacial score (nSPS) is 18.7. The van der Waals surface area contributed by atoms with Gasteiger partial charge in [0.1, 0.15) is 11.6 Å². The van der Waals surface area contributed by atoms with E-state index in [9.17, 15) is 0 Å². The third-order valence-electron chi connectivity index (χ3n) is 4.42. The number of anilines is 2. The van der Waals surface area contributed by atoms with Crippen LogP contribution in [0.25, 0.3) is 0 Å². The van der Waals surface area contributed by atoms with Crippen LogP contribution in [0.15, 0.2) is 48.8 Å². The van der Waals surface area contributed by atoms with Crippen molar-refractivity contribution in [2.24, 2.45) is 0 Å². The standard InChI is InChI=1S/C16H20B2N6/c1-3-7-19-15(5-1)23-13-11-21(17-23)9-10-22-12-14-24(18-22)16-6-2-4-8-20-16/h1-8H,9-14H2. The molecule has 0 unspecified atom stereocenters. The van der Waals surface area contributed by atoms with E-state index in [0.717, 1.165) is 50.9 Å². The van der Waals surface area contributed by atoms with Gasteiger partial charge in [-0.15, -0.1) is 0 Å². The maximum absolute atomic E-state index is 4.41. The van der Waals surface area contributed by atoms with Gasteiger partial charge in [-0.05, 0) is 24.3 Å². The van der Waals surface area contributed by atoms with Crippen LogP contribution in [0.5, 0.6) is 0 Å². The predicted octanol–water partition coefficient (Wildman–Crippen LogP) is 0.489. The summed E-state index contributed by atoms with van der Waals surface area (Å²) in [6.07, 6.45) is 3.69. The van der Waals surface area contributed by atoms with Crippen molar-refractivity contribution < 1.29 is 0 Å². The maximum atomic E-state index is 4.41. The van der Waals surface area contributed by atoms with Crippen LogP contribution < -0.4 is 9.62 Å². The van der Waals surface area contributed by atoms with Crippen LogP contribution >= 0.6 is 0 Å². The first kappa shape index (κ1) is 15.5. The van der Waals surface area contributed by atoms with Crippen LogP contribution in [-0.2, 0) is 0 Å². The van der Waals surface area contributed by atoms with Crippen LogP contribution in [0.2, 0.25) is 0 Å². The molecule has 24 heavy (non-hydrogen) atoms. The zero-order chi connectivity index (χ0) is 16.2. The Balaban J connectivity index is 1.24. The second kappa shape index (κ2) is 7.23. The summed E-state index contributed by atoms with van der Waals surface area (Å²) < 4.78 is 0. The summed E-state index contributed by atoms with van der Waals surface area (Å²) in [7, 11) is 4.38. The fourth-order valence-electron chi connectivity index (χ4n) is 3.09. The molecule has 0 N–H and O–H groups in total. The summed E-state index contributed by atoms with van der Waals surface area (Å²) in [6, 6.07) is 12.1. The van der Waals surface area contributed by atoms with Gasteiger partial charge in [-0.1, -0.05) is 12.1 Å². The molecule has 0 saturated carbocycles. The van der Waals surface area contributed by atoms with Gasteiger partial charge in [-0.2, -0.15) is 0 Å². The lowest BCUT2D eigenvalue weighted by atomic mass is 10.1. The molecular formula is C16H20B2N6. The number of hydrogen-bond donors (Lipinski definition) is 0. The molecule has 2 saturated heterocycles. The lowest BCUT2D eigenvalue weighted by Gasteiger charge is -2.20. The van der Waals surface area contributed by atoms with Crippen molar-refractivity contribution in [3.63, 3.8) is 0 Å². The van der Waals surface area contributed by atoms with Gasteiger partial charge in [-0.25, -0.2) is 9.97 Å². The Hall–Kier alpha value is -2.05. The predicted molar refractivity (Wildman–Crippen MR) is 97.8 cm³/mol. The van der Waals surface area contributed by atoms with Crippen LogP contribution in [0.1, 0.15) is 0 Å². The Labute approximate surface area is 144 Å². The third kappa shape index (κ3) is 3.55. The number of hydrogen-bond acceptors (Lipinski definition) is 6. The fourth-order valence-corrected chi connectivity index (χ4v) is 3.09. The van der Waals surface area contributed by atoms with Gasteiger partial charge in [0.15, 0.2) is 0 Å². The summed E-state index contributed by atoms with van der Waals surface area (Å²) in [5, 5.41) is 0. The van der Waals surface area contributed by atoms with Crippen molar-refractivity contribution >= 4 is 26.7 Å². The van der Waals surface area contributed by atoms with Gasteiger partial charge in [-0.3, -0.25) is 0 Å². The highest BCUT2D eigenvalue weighted by Crippen LogP contribution is 2.15. The zero-order valence-corrected chi connectivity index (χ0v) is 13.7. The number of rotatable bonds is 5. The zero-order valence-electron chi connectivity index (χ0n) is 13.7. The minimum absolute atomic E-state index is 1.00. The van der Waals surface area contributed by atoms with E-state index < -0.39 is 0 Å². The quantitative estimate of drug-likeness (QED) is 0.747. The molecule has 2 aromatic rings. The Morgan fingerprint density at radius 2 is 1.21 bits per heavy atom. The highest BCUT2D eigenvalue weighted by molar-refractivity contribution is 6.40. The largest absolute Gasteiger partial charge is 0.388 e. The summed E-state index contributed by atoms with van der Waals surface area (Å²) in [5.74, 6) is 2.04. The van der Waals surface area contributed by atoms with E-state index in [1.165, 1.54) is 0 Å². The van der Waals surface area contributed by atoms with E-state index in [4.69, 9.17) is 0 Å². The van der Waals surface area contributed by atoms with Crippen molar-refractivity contribution in [3.8, 4) is 0 Å². The smallest absolute Gasteiger partial charge is 0.353 e. The monoisotopic (exact) mass is 318 g/mol. The average molecular weight is 318 g/mol. The molecule has 4 heterocycles. The molecule has 2 fully saturated rings. The second-order valence-electron chi connectivity index (χ2n) is 6.07. The van der Waals surface area contributed by atoms with Crippen LogP contribution in [0.4, 0.5) is 11.6 Å². The molecule has 0 atom stereocenters. The van der Waals surface area contributed by atoms with Crippen molar-refractivity contribution in [2.75, 3.05) is 48.9 Å². The molecule has 120 valence electrons. The molecule has 0 amide bonds. The molecule has 0 spiro atoms. The van der Waals surface area contributed by atoms with E-state index in [2.05, 4.69) is 56.4 Å². The van der Waals surface area contributed by atoms with Crippen molar-refractivity contribution in [1.82, 2.24) is 19.6 Å². The molecule has 4 rings (SSSR count). The first-order valence-electron chi connectivity index (χ1n) is 8.42. The Morgan fingerprint density at radius 3 is 1.62 bits per heavy atom. The Morgan fingerprint density at radius 1 is 0.708 bits per heavy atom. The molecule has 0 aromatic carbocycles. The summed E-state index contributed by atoms with van der Waals surface area (Å²) in [4.78, 5) is 18.0. The number of aromatic nitrogens is 2. The third-order valence-corrected chi connectivity index (χ3v) is 4.42. The van der Waals surface area contributed by atoms with E-state index in [1.54, 1.807) is 0 Å². The van der Waals surface area contributed by atoms with Crippen LogP contribution in [-0.4, -0.2) is 74.0 Å². The molecule has 2 aliphatic heterocycles. The first-order valence-corrected chi connectivity index (χ1v) is 8.42.